The number of benzene rings is 1. The van der Waals surface area contributed by atoms with E-state index in [0.29, 0.717) is 54.3 Å². The summed E-state index contributed by atoms with van der Waals surface area (Å²) in [5, 5.41) is 18.0. The van der Waals surface area contributed by atoms with Crippen molar-refractivity contribution in [3.63, 3.8) is 0 Å². The molecule has 0 amide bonds. The van der Waals surface area contributed by atoms with E-state index in [1.165, 1.54) is 0 Å². The predicted molar refractivity (Wildman–Crippen MR) is 124 cm³/mol. The molecule has 0 saturated carbocycles. The summed E-state index contributed by atoms with van der Waals surface area (Å²) in [6, 6.07) is 7.73. The van der Waals surface area contributed by atoms with Gasteiger partial charge >= 0.3 is 0 Å². The first-order valence-corrected chi connectivity index (χ1v) is 10.5. The van der Waals surface area contributed by atoms with Gasteiger partial charge in [0.15, 0.2) is 11.6 Å². The molecular formula is C21H32ClN7O. The van der Waals surface area contributed by atoms with Crippen LogP contribution in [0.1, 0.15) is 32.8 Å². The summed E-state index contributed by atoms with van der Waals surface area (Å²) in [7, 11) is 3.88. The van der Waals surface area contributed by atoms with Gasteiger partial charge in [0.05, 0.1) is 12.6 Å². The second kappa shape index (κ2) is 8.83. The summed E-state index contributed by atoms with van der Waals surface area (Å²) >= 11 is 6.41. The van der Waals surface area contributed by atoms with Crippen molar-refractivity contribution < 1.29 is 5.11 Å². The van der Waals surface area contributed by atoms with Gasteiger partial charge in [-0.05, 0) is 38.8 Å². The van der Waals surface area contributed by atoms with Crippen molar-refractivity contribution in [1.29, 1.82) is 0 Å². The van der Waals surface area contributed by atoms with Crippen molar-refractivity contribution in [2.75, 3.05) is 48.1 Å². The smallest absolute Gasteiger partial charge is 0.227 e. The van der Waals surface area contributed by atoms with Crippen LogP contribution in [0.2, 0.25) is 5.02 Å². The average Bonchev–Trinajstić information content (AvgIpc) is 3.07. The Kier molecular flexibility index (Phi) is 6.59. The standard InChI is InChI=1S/C21H32ClN7O/c1-21(2,3)26-20-24-18(28-11-10-15(30)13-28)17(23)19(25-20)29(27(4)5)12-14-8-6-7-9-16(14)22/h6-9,15,30H,10-13,23H2,1-5H3,(H,24,25,26)/t15-/m0/s1. The number of aliphatic hydroxyl groups is 1. The quantitative estimate of drug-likeness (QED) is 0.598. The fourth-order valence-electron chi connectivity index (χ4n) is 3.40. The van der Waals surface area contributed by atoms with Crippen LogP contribution in [0, 0.1) is 0 Å². The molecule has 0 radical (unpaired) electrons. The minimum absolute atomic E-state index is 0.221. The lowest BCUT2D eigenvalue weighted by Crippen LogP contribution is -2.39. The average molecular weight is 434 g/mol. The highest BCUT2D eigenvalue weighted by molar-refractivity contribution is 6.31. The summed E-state index contributed by atoms with van der Waals surface area (Å²) < 4.78 is 0. The molecule has 1 aliphatic heterocycles. The number of nitrogens with two attached hydrogens (primary N) is 1. The zero-order valence-corrected chi connectivity index (χ0v) is 19.1. The molecule has 8 nitrogen and oxygen atoms in total. The lowest BCUT2D eigenvalue weighted by molar-refractivity contribution is 0.198. The molecular weight excluding hydrogens is 402 g/mol. The first kappa shape index (κ1) is 22.4. The Hall–Kier alpha value is -2.29. The molecule has 1 aromatic carbocycles. The molecule has 1 fully saturated rings. The van der Waals surface area contributed by atoms with Gasteiger partial charge < -0.3 is 21.1 Å². The number of anilines is 4. The van der Waals surface area contributed by atoms with E-state index in [1.807, 2.05) is 53.3 Å². The lowest BCUT2D eigenvalue weighted by Gasteiger charge is -2.33. The molecule has 0 aliphatic carbocycles. The molecule has 1 aliphatic rings. The highest BCUT2D eigenvalue weighted by atomic mass is 35.5. The number of nitrogens with zero attached hydrogens (tertiary/aromatic N) is 5. The number of β-amino-alcohol motifs (C(OH)–C–C–N with tert-alkyl or cyclic N) is 1. The van der Waals surface area contributed by atoms with Crippen LogP contribution in [-0.2, 0) is 6.54 Å². The molecule has 9 heteroatoms. The van der Waals surface area contributed by atoms with Crippen LogP contribution in [0.4, 0.5) is 23.3 Å². The first-order chi connectivity index (χ1) is 14.0. The Bertz CT molecular complexity index is 884. The maximum absolute atomic E-state index is 10.0. The van der Waals surface area contributed by atoms with Crippen LogP contribution < -0.4 is 21.0 Å². The van der Waals surface area contributed by atoms with E-state index in [2.05, 4.69) is 26.1 Å². The van der Waals surface area contributed by atoms with Crippen molar-refractivity contribution in [1.82, 2.24) is 15.0 Å². The van der Waals surface area contributed by atoms with E-state index in [0.717, 1.165) is 5.56 Å². The van der Waals surface area contributed by atoms with Crippen LogP contribution in [0.15, 0.2) is 24.3 Å². The van der Waals surface area contributed by atoms with Crippen LogP contribution in [0.25, 0.3) is 0 Å². The van der Waals surface area contributed by atoms with Gasteiger partial charge in [0, 0.05) is 37.7 Å². The third-order valence-corrected chi connectivity index (χ3v) is 5.23. The fraction of sp³-hybridized carbons (Fsp3) is 0.524. The number of nitrogen functional groups attached to an aromatic ring is 1. The Balaban J connectivity index is 2.07. The SMILES string of the molecule is CN(C)N(Cc1ccccc1Cl)c1nc(NC(C)(C)C)nc(N2CC[C@H](O)C2)c1N. The lowest BCUT2D eigenvalue weighted by atomic mass is 10.1. The molecule has 1 aromatic heterocycles. The van der Waals surface area contributed by atoms with Gasteiger partial charge in [-0.25, -0.2) is 5.01 Å². The number of nitrogens with one attached hydrogen (secondary N) is 1. The summed E-state index contributed by atoms with van der Waals surface area (Å²) in [5.74, 6) is 1.72. The fourth-order valence-corrected chi connectivity index (χ4v) is 3.60. The van der Waals surface area contributed by atoms with Gasteiger partial charge in [-0.1, -0.05) is 29.8 Å². The molecule has 0 unspecified atom stereocenters. The maximum atomic E-state index is 10.0. The minimum Gasteiger partial charge on any atom is -0.393 e. The van der Waals surface area contributed by atoms with E-state index < -0.39 is 0 Å². The minimum atomic E-state index is -0.380. The third kappa shape index (κ3) is 5.24. The Labute approximate surface area is 183 Å². The first-order valence-electron chi connectivity index (χ1n) is 10.1. The number of rotatable bonds is 6. The normalized spacial score (nSPS) is 16.9. The zero-order chi connectivity index (χ0) is 22.1. The summed E-state index contributed by atoms with van der Waals surface area (Å²) in [4.78, 5) is 11.5. The van der Waals surface area contributed by atoms with Crippen LogP contribution in [-0.4, -0.2) is 58.9 Å². The summed E-state index contributed by atoms with van der Waals surface area (Å²) in [5.41, 5.74) is 7.82. The van der Waals surface area contributed by atoms with Crippen molar-refractivity contribution in [3.8, 4) is 0 Å². The summed E-state index contributed by atoms with van der Waals surface area (Å²) in [6.45, 7) is 7.87. The van der Waals surface area contributed by atoms with E-state index in [4.69, 9.17) is 27.3 Å². The van der Waals surface area contributed by atoms with Crippen LogP contribution in [0.3, 0.4) is 0 Å². The van der Waals surface area contributed by atoms with Gasteiger partial charge in [0.1, 0.15) is 5.69 Å². The number of halogens is 1. The largest absolute Gasteiger partial charge is 0.393 e. The molecule has 0 bridgehead atoms. The van der Waals surface area contributed by atoms with Gasteiger partial charge in [0.2, 0.25) is 5.95 Å². The van der Waals surface area contributed by atoms with Gasteiger partial charge in [-0.2, -0.15) is 9.97 Å². The Morgan fingerprint density at radius 2 is 1.97 bits per heavy atom. The molecule has 1 saturated heterocycles. The van der Waals surface area contributed by atoms with Crippen LogP contribution >= 0.6 is 11.6 Å². The zero-order valence-electron chi connectivity index (χ0n) is 18.4. The second-order valence-corrected chi connectivity index (χ2v) is 9.28. The topological polar surface area (TPSA) is 93.8 Å². The Morgan fingerprint density at radius 1 is 1.27 bits per heavy atom. The van der Waals surface area contributed by atoms with Gasteiger partial charge in [0.25, 0.3) is 0 Å². The van der Waals surface area contributed by atoms with Crippen molar-refractivity contribution in [2.24, 2.45) is 0 Å². The van der Waals surface area contributed by atoms with E-state index >= 15 is 0 Å². The highest BCUT2D eigenvalue weighted by Gasteiger charge is 2.28. The number of hydrogen-bond donors (Lipinski definition) is 3. The molecule has 4 N–H and O–H groups in total. The van der Waals surface area contributed by atoms with Gasteiger partial charge in [-0.15, -0.1) is 0 Å². The molecule has 164 valence electrons. The predicted octanol–water partition coefficient (Wildman–Crippen LogP) is 2.98. The maximum Gasteiger partial charge on any atom is 0.227 e. The van der Waals surface area contributed by atoms with E-state index in [9.17, 15) is 5.11 Å². The molecule has 1 atom stereocenters. The number of aliphatic hydroxyl groups excluding tert-OH is 1. The molecule has 3 rings (SSSR count). The van der Waals surface area contributed by atoms with Crippen molar-refractivity contribution >= 4 is 34.9 Å². The molecule has 0 spiro atoms. The van der Waals surface area contributed by atoms with E-state index in [1.54, 1.807) is 0 Å². The Morgan fingerprint density at radius 3 is 2.53 bits per heavy atom. The monoisotopic (exact) mass is 433 g/mol. The number of hydrazine groups is 1. The number of aromatic nitrogens is 2. The molecule has 30 heavy (non-hydrogen) atoms. The van der Waals surface area contributed by atoms with E-state index in [-0.39, 0.29) is 11.6 Å². The van der Waals surface area contributed by atoms with Gasteiger partial charge in [-0.3, -0.25) is 5.01 Å². The van der Waals surface area contributed by atoms with Crippen molar-refractivity contribution in [3.05, 3.63) is 34.9 Å². The number of hydrogen-bond acceptors (Lipinski definition) is 8. The summed E-state index contributed by atoms with van der Waals surface area (Å²) in [6.07, 6.45) is 0.313. The molecule has 2 heterocycles. The highest BCUT2D eigenvalue weighted by Crippen LogP contribution is 2.35. The van der Waals surface area contributed by atoms with Crippen molar-refractivity contribution in [2.45, 2.75) is 45.4 Å². The second-order valence-electron chi connectivity index (χ2n) is 8.87. The van der Waals surface area contributed by atoms with Crippen LogP contribution in [0.5, 0.6) is 0 Å². The third-order valence-electron chi connectivity index (χ3n) is 4.86. The molecule has 2 aromatic rings.